The highest BCUT2D eigenvalue weighted by molar-refractivity contribution is 6.31. The molecule has 3 nitrogen and oxygen atoms in total. The van der Waals surface area contributed by atoms with Crippen LogP contribution in [0.4, 0.5) is 0 Å². The Labute approximate surface area is 131 Å². The molecule has 1 aliphatic rings. The van der Waals surface area contributed by atoms with E-state index in [0.717, 1.165) is 16.3 Å². The maximum Gasteiger partial charge on any atom is 0.303 e. The first-order valence-corrected chi connectivity index (χ1v) is 8.07. The predicted octanol–water partition coefficient (Wildman–Crippen LogP) is 4.80. The summed E-state index contributed by atoms with van der Waals surface area (Å²) in [5.41, 5.74) is 2.19. The van der Waals surface area contributed by atoms with E-state index in [1.165, 1.54) is 37.7 Å². The number of hydrogen-bond donors (Lipinski definition) is 1. The van der Waals surface area contributed by atoms with E-state index < -0.39 is 5.97 Å². The Morgan fingerprint density at radius 1 is 1.33 bits per heavy atom. The Morgan fingerprint density at radius 3 is 2.67 bits per heavy atom. The van der Waals surface area contributed by atoms with Crippen molar-refractivity contribution in [1.29, 1.82) is 0 Å². The van der Waals surface area contributed by atoms with Gasteiger partial charge in [0.05, 0.1) is 7.11 Å². The molecular formula is C17H23ClO3. The van der Waals surface area contributed by atoms with Crippen LogP contribution >= 0.6 is 11.6 Å². The lowest BCUT2D eigenvalue weighted by atomic mass is 9.83. The number of ether oxygens (including phenoxy) is 1. The van der Waals surface area contributed by atoms with Gasteiger partial charge in [-0.05, 0) is 54.9 Å². The van der Waals surface area contributed by atoms with Gasteiger partial charge in [-0.1, -0.05) is 30.9 Å². The molecule has 1 aromatic carbocycles. The number of aryl methyl sites for hydroxylation is 1. The van der Waals surface area contributed by atoms with E-state index in [0.29, 0.717) is 18.8 Å². The Kier molecular flexibility index (Phi) is 5.92. The molecule has 0 radical (unpaired) electrons. The molecule has 21 heavy (non-hydrogen) atoms. The van der Waals surface area contributed by atoms with Gasteiger partial charge in [0, 0.05) is 11.4 Å². The van der Waals surface area contributed by atoms with E-state index in [2.05, 4.69) is 6.07 Å². The molecule has 1 N–H and O–H groups in total. The number of carboxylic acids is 1. The normalized spacial score (nSPS) is 15.9. The predicted molar refractivity (Wildman–Crippen MR) is 84.4 cm³/mol. The molecule has 4 heteroatoms. The first-order chi connectivity index (χ1) is 10.1. The van der Waals surface area contributed by atoms with E-state index in [-0.39, 0.29) is 6.42 Å². The van der Waals surface area contributed by atoms with E-state index in [1.807, 2.05) is 6.07 Å². The van der Waals surface area contributed by atoms with Crippen LogP contribution in [-0.2, 0) is 11.2 Å². The van der Waals surface area contributed by atoms with Crippen molar-refractivity contribution in [2.75, 3.05) is 7.11 Å². The molecule has 1 saturated carbocycles. The molecule has 0 bridgehead atoms. The molecule has 0 heterocycles. The summed E-state index contributed by atoms with van der Waals surface area (Å²) in [4.78, 5) is 10.6. The van der Waals surface area contributed by atoms with Crippen molar-refractivity contribution in [2.24, 2.45) is 0 Å². The first-order valence-electron chi connectivity index (χ1n) is 7.70. The van der Waals surface area contributed by atoms with Crippen molar-refractivity contribution in [3.63, 3.8) is 0 Å². The van der Waals surface area contributed by atoms with Crippen LogP contribution in [0.1, 0.15) is 62.0 Å². The van der Waals surface area contributed by atoms with Gasteiger partial charge >= 0.3 is 5.97 Å². The number of carbonyl (C=O) groups is 1. The summed E-state index contributed by atoms with van der Waals surface area (Å²) >= 11 is 6.46. The summed E-state index contributed by atoms with van der Waals surface area (Å²) < 4.78 is 5.48. The second-order valence-electron chi connectivity index (χ2n) is 5.77. The van der Waals surface area contributed by atoms with E-state index in [9.17, 15) is 4.79 Å². The number of aliphatic carboxylic acids is 1. The highest BCUT2D eigenvalue weighted by atomic mass is 35.5. The average Bonchev–Trinajstić information content (AvgIpc) is 2.48. The molecule has 0 spiro atoms. The van der Waals surface area contributed by atoms with Crippen molar-refractivity contribution >= 4 is 17.6 Å². The standard InChI is InChI=1S/C17H23ClO3/c1-21-16-11-14(12-6-3-2-4-7-12)15(18)10-13(16)8-5-9-17(19)20/h10-12H,2-9H2,1H3,(H,19,20). The monoisotopic (exact) mass is 310 g/mol. The van der Waals surface area contributed by atoms with Gasteiger partial charge in [-0.25, -0.2) is 0 Å². The number of methoxy groups -OCH3 is 1. The molecule has 0 aromatic heterocycles. The van der Waals surface area contributed by atoms with Gasteiger partial charge in [-0.3, -0.25) is 4.79 Å². The van der Waals surface area contributed by atoms with Crippen LogP contribution in [0.2, 0.25) is 5.02 Å². The molecule has 116 valence electrons. The number of benzene rings is 1. The summed E-state index contributed by atoms with van der Waals surface area (Å²) in [6.45, 7) is 0. The molecule has 1 aliphatic carbocycles. The molecular weight excluding hydrogens is 288 g/mol. The Balaban J connectivity index is 2.15. The third-order valence-corrected chi connectivity index (χ3v) is 4.61. The quantitative estimate of drug-likeness (QED) is 0.820. The molecule has 1 fully saturated rings. The summed E-state index contributed by atoms with van der Waals surface area (Å²) in [5.74, 6) is 0.609. The number of carboxylic acid groups (broad SMARTS) is 1. The van der Waals surface area contributed by atoms with Crippen LogP contribution in [0.5, 0.6) is 5.75 Å². The highest BCUT2D eigenvalue weighted by Crippen LogP contribution is 2.39. The van der Waals surface area contributed by atoms with Crippen molar-refractivity contribution < 1.29 is 14.6 Å². The maximum atomic E-state index is 10.6. The topological polar surface area (TPSA) is 46.5 Å². The van der Waals surface area contributed by atoms with Crippen molar-refractivity contribution in [3.8, 4) is 5.75 Å². The Morgan fingerprint density at radius 2 is 2.05 bits per heavy atom. The minimum Gasteiger partial charge on any atom is -0.496 e. The fourth-order valence-electron chi connectivity index (χ4n) is 3.15. The smallest absolute Gasteiger partial charge is 0.303 e. The Bertz CT molecular complexity index is 493. The largest absolute Gasteiger partial charge is 0.496 e. The zero-order chi connectivity index (χ0) is 15.2. The first kappa shape index (κ1) is 16.2. The lowest BCUT2D eigenvalue weighted by Crippen LogP contribution is -2.06. The van der Waals surface area contributed by atoms with E-state index >= 15 is 0 Å². The molecule has 0 amide bonds. The molecule has 1 aromatic rings. The van der Waals surface area contributed by atoms with Gasteiger partial charge in [0.25, 0.3) is 0 Å². The zero-order valence-corrected chi connectivity index (χ0v) is 13.3. The molecule has 0 saturated heterocycles. The second-order valence-corrected chi connectivity index (χ2v) is 6.17. The maximum absolute atomic E-state index is 10.6. The van der Waals surface area contributed by atoms with Crippen LogP contribution < -0.4 is 4.74 Å². The van der Waals surface area contributed by atoms with Crippen LogP contribution in [-0.4, -0.2) is 18.2 Å². The van der Waals surface area contributed by atoms with Crippen LogP contribution in [0, 0.1) is 0 Å². The average molecular weight is 311 g/mol. The summed E-state index contributed by atoms with van der Waals surface area (Å²) in [5, 5.41) is 9.53. The van der Waals surface area contributed by atoms with Crippen molar-refractivity contribution in [1.82, 2.24) is 0 Å². The van der Waals surface area contributed by atoms with Gasteiger partial charge in [0.2, 0.25) is 0 Å². The summed E-state index contributed by atoms with van der Waals surface area (Å²) in [6.07, 6.45) is 7.70. The molecule has 2 rings (SSSR count). The fourth-order valence-corrected chi connectivity index (χ4v) is 3.49. The van der Waals surface area contributed by atoms with Gasteiger partial charge in [-0.2, -0.15) is 0 Å². The lowest BCUT2D eigenvalue weighted by Gasteiger charge is -2.24. The summed E-state index contributed by atoms with van der Waals surface area (Å²) in [6, 6.07) is 4.03. The number of halogens is 1. The number of rotatable bonds is 6. The third kappa shape index (κ3) is 4.37. The Hall–Kier alpha value is -1.22. The van der Waals surface area contributed by atoms with Gasteiger partial charge in [0.15, 0.2) is 0 Å². The van der Waals surface area contributed by atoms with Crippen LogP contribution in [0.25, 0.3) is 0 Å². The van der Waals surface area contributed by atoms with E-state index in [1.54, 1.807) is 7.11 Å². The van der Waals surface area contributed by atoms with Crippen molar-refractivity contribution in [2.45, 2.75) is 57.3 Å². The SMILES string of the molecule is COc1cc(C2CCCCC2)c(Cl)cc1CCCC(=O)O. The molecule has 0 aliphatic heterocycles. The molecule has 0 unspecified atom stereocenters. The van der Waals surface area contributed by atoms with Crippen LogP contribution in [0.15, 0.2) is 12.1 Å². The molecule has 0 atom stereocenters. The minimum atomic E-state index is -0.765. The van der Waals surface area contributed by atoms with Gasteiger partial charge < -0.3 is 9.84 Å². The zero-order valence-electron chi connectivity index (χ0n) is 12.5. The number of hydrogen-bond acceptors (Lipinski definition) is 2. The minimum absolute atomic E-state index is 0.172. The van der Waals surface area contributed by atoms with Gasteiger partial charge in [0.1, 0.15) is 5.75 Å². The van der Waals surface area contributed by atoms with Crippen LogP contribution in [0.3, 0.4) is 0 Å². The van der Waals surface area contributed by atoms with Gasteiger partial charge in [-0.15, -0.1) is 0 Å². The van der Waals surface area contributed by atoms with E-state index in [4.69, 9.17) is 21.4 Å². The second kappa shape index (κ2) is 7.69. The lowest BCUT2D eigenvalue weighted by molar-refractivity contribution is -0.137. The highest BCUT2D eigenvalue weighted by Gasteiger charge is 2.20. The fraction of sp³-hybridized carbons (Fsp3) is 0.588. The summed E-state index contributed by atoms with van der Waals surface area (Å²) in [7, 11) is 1.66. The third-order valence-electron chi connectivity index (χ3n) is 4.28. The van der Waals surface area contributed by atoms with Crippen molar-refractivity contribution in [3.05, 3.63) is 28.3 Å².